The topological polar surface area (TPSA) is 47.6 Å². The minimum atomic E-state index is -0.0616. The Morgan fingerprint density at radius 2 is 1.86 bits per heavy atom. The van der Waals surface area contributed by atoms with Gasteiger partial charge in [0.05, 0.1) is 20.1 Å². The zero-order valence-corrected chi connectivity index (χ0v) is 13.1. The van der Waals surface area contributed by atoms with Crippen LogP contribution in [0.2, 0.25) is 5.02 Å². The zero-order chi connectivity index (χ0) is 15.8. The molecule has 0 aliphatic rings. The first-order valence-corrected chi connectivity index (χ1v) is 7.33. The van der Waals surface area contributed by atoms with Crippen LogP contribution < -0.4 is 14.8 Å². The lowest BCUT2D eigenvalue weighted by Gasteiger charge is -2.08. The molecule has 0 fully saturated rings. The van der Waals surface area contributed by atoms with E-state index in [-0.39, 0.29) is 5.91 Å². The molecule has 2 aromatic rings. The lowest BCUT2D eigenvalue weighted by Crippen LogP contribution is -2.24. The molecule has 0 radical (unpaired) electrons. The van der Waals surface area contributed by atoms with E-state index < -0.39 is 0 Å². The standard InChI is InChI=1S/C17H18ClNO3/c1-21-15-5-7-16(8-6-15)22-10-9-17(20)19-12-13-3-2-4-14(18)11-13/h2-8,11H,9-10,12H2,1H3,(H,19,20). The lowest BCUT2D eigenvalue weighted by molar-refractivity contribution is -0.121. The number of amides is 1. The highest BCUT2D eigenvalue weighted by molar-refractivity contribution is 6.30. The van der Waals surface area contributed by atoms with Crippen LogP contribution in [0, 0.1) is 0 Å². The summed E-state index contributed by atoms with van der Waals surface area (Å²) in [6.07, 6.45) is 0.298. The molecule has 0 atom stereocenters. The van der Waals surface area contributed by atoms with E-state index in [1.165, 1.54) is 0 Å². The first-order valence-electron chi connectivity index (χ1n) is 6.95. The van der Waals surface area contributed by atoms with Gasteiger partial charge in [0.1, 0.15) is 11.5 Å². The summed E-state index contributed by atoms with van der Waals surface area (Å²) in [5, 5.41) is 3.49. The summed E-state index contributed by atoms with van der Waals surface area (Å²) >= 11 is 5.89. The number of carbonyl (C=O) groups is 1. The van der Waals surface area contributed by atoms with Crippen molar-refractivity contribution >= 4 is 17.5 Å². The third-order valence-corrected chi connectivity index (χ3v) is 3.27. The molecule has 116 valence electrons. The predicted molar refractivity (Wildman–Crippen MR) is 86.4 cm³/mol. The van der Waals surface area contributed by atoms with E-state index in [0.29, 0.717) is 30.3 Å². The van der Waals surface area contributed by atoms with Crippen LogP contribution in [-0.2, 0) is 11.3 Å². The predicted octanol–water partition coefficient (Wildman–Crippen LogP) is 3.43. The van der Waals surface area contributed by atoms with Crippen LogP contribution in [0.5, 0.6) is 11.5 Å². The molecule has 0 spiro atoms. The maximum absolute atomic E-state index is 11.7. The maximum Gasteiger partial charge on any atom is 0.223 e. The third-order valence-electron chi connectivity index (χ3n) is 3.04. The van der Waals surface area contributed by atoms with Gasteiger partial charge in [-0.15, -0.1) is 0 Å². The Kier molecular flexibility index (Phi) is 6.10. The van der Waals surface area contributed by atoms with E-state index in [0.717, 1.165) is 11.3 Å². The number of carbonyl (C=O) groups excluding carboxylic acids is 1. The van der Waals surface area contributed by atoms with Gasteiger partial charge < -0.3 is 14.8 Å². The summed E-state index contributed by atoms with van der Waals surface area (Å²) in [6.45, 7) is 0.787. The summed E-state index contributed by atoms with van der Waals surface area (Å²) < 4.78 is 10.6. The Labute approximate surface area is 135 Å². The van der Waals surface area contributed by atoms with Crippen LogP contribution >= 0.6 is 11.6 Å². The van der Waals surface area contributed by atoms with Crippen LogP contribution in [0.1, 0.15) is 12.0 Å². The summed E-state index contributed by atoms with van der Waals surface area (Å²) in [5.41, 5.74) is 0.969. The summed E-state index contributed by atoms with van der Waals surface area (Å²) in [6, 6.07) is 14.6. The molecule has 0 aliphatic heterocycles. The fourth-order valence-corrected chi connectivity index (χ4v) is 2.08. The molecule has 2 rings (SSSR count). The van der Waals surface area contributed by atoms with Crippen LogP contribution in [0.4, 0.5) is 0 Å². The normalized spacial score (nSPS) is 10.1. The van der Waals surface area contributed by atoms with Crippen LogP contribution in [0.15, 0.2) is 48.5 Å². The molecular weight excluding hydrogens is 302 g/mol. The highest BCUT2D eigenvalue weighted by atomic mass is 35.5. The van der Waals surface area contributed by atoms with Crippen molar-refractivity contribution in [1.82, 2.24) is 5.32 Å². The molecule has 0 aliphatic carbocycles. The number of nitrogens with one attached hydrogen (secondary N) is 1. The molecule has 0 saturated carbocycles. The minimum absolute atomic E-state index is 0.0616. The first kappa shape index (κ1) is 16.2. The molecule has 2 aromatic carbocycles. The van der Waals surface area contributed by atoms with E-state index in [9.17, 15) is 4.79 Å². The van der Waals surface area contributed by atoms with Crippen molar-refractivity contribution in [3.63, 3.8) is 0 Å². The Morgan fingerprint density at radius 3 is 2.55 bits per heavy atom. The molecule has 22 heavy (non-hydrogen) atoms. The molecule has 5 heteroatoms. The Balaban J connectivity index is 1.69. The van der Waals surface area contributed by atoms with Crippen molar-refractivity contribution in [2.75, 3.05) is 13.7 Å². The van der Waals surface area contributed by atoms with Crippen LogP contribution in [-0.4, -0.2) is 19.6 Å². The van der Waals surface area contributed by atoms with Gasteiger partial charge in [0, 0.05) is 11.6 Å². The van der Waals surface area contributed by atoms with Crippen LogP contribution in [0.3, 0.4) is 0 Å². The molecule has 1 amide bonds. The summed E-state index contributed by atoms with van der Waals surface area (Å²) in [4.78, 5) is 11.7. The number of ether oxygens (including phenoxy) is 2. The molecular formula is C17H18ClNO3. The first-order chi connectivity index (χ1) is 10.7. The zero-order valence-electron chi connectivity index (χ0n) is 12.3. The fraction of sp³-hybridized carbons (Fsp3) is 0.235. The lowest BCUT2D eigenvalue weighted by atomic mass is 10.2. The van der Waals surface area contributed by atoms with Crippen molar-refractivity contribution in [3.8, 4) is 11.5 Å². The van der Waals surface area contributed by atoms with Gasteiger partial charge in [-0.3, -0.25) is 4.79 Å². The number of hydrogen-bond donors (Lipinski definition) is 1. The van der Waals surface area contributed by atoms with Gasteiger partial charge >= 0.3 is 0 Å². The van der Waals surface area contributed by atoms with E-state index in [1.54, 1.807) is 13.2 Å². The molecule has 1 N–H and O–H groups in total. The Morgan fingerprint density at radius 1 is 1.14 bits per heavy atom. The number of halogens is 1. The maximum atomic E-state index is 11.7. The highest BCUT2D eigenvalue weighted by Crippen LogP contribution is 2.17. The number of benzene rings is 2. The van der Waals surface area contributed by atoms with Crippen molar-refractivity contribution in [2.45, 2.75) is 13.0 Å². The van der Waals surface area contributed by atoms with Gasteiger partial charge in [-0.1, -0.05) is 23.7 Å². The molecule has 0 saturated heterocycles. The molecule has 0 aromatic heterocycles. The number of hydrogen-bond acceptors (Lipinski definition) is 3. The van der Waals surface area contributed by atoms with Crippen molar-refractivity contribution < 1.29 is 14.3 Å². The van der Waals surface area contributed by atoms with E-state index in [4.69, 9.17) is 21.1 Å². The van der Waals surface area contributed by atoms with Crippen molar-refractivity contribution in [1.29, 1.82) is 0 Å². The van der Waals surface area contributed by atoms with Gasteiger partial charge in [-0.25, -0.2) is 0 Å². The Hall–Kier alpha value is -2.20. The van der Waals surface area contributed by atoms with Gasteiger partial charge in [0.2, 0.25) is 5.91 Å². The molecule has 0 bridgehead atoms. The quantitative estimate of drug-likeness (QED) is 0.850. The van der Waals surface area contributed by atoms with Gasteiger partial charge in [-0.2, -0.15) is 0 Å². The molecule has 4 nitrogen and oxygen atoms in total. The number of methoxy groups -OCH3 is 1. The second-order valence-corrected chi connectivity index (χ2v) is 5.12. The van der Waals surface area contributed by atoms with Crippen LogP contribution in [0.25, 0.3) is 0 Å². The molecule has 0 heterocycles. The van der Waals surface area contributed by atoms with Gasteiger partial charge in [0.25, 0.3) is 0 Å². The molecule has 0 unspecified atom stereocenters. The smallest absolute Gasteiger partial charge is 0.223 e. The van der Waals surface area contributed by atoms with Gasteiger partial charge in [-0.05, 0) is 42.0 Å². The number of rotatable bonds is 7. The highest BCUT2D eigenvalue weighted by Gasteiger charge is 2.03. The second-order valence-electron chi connectivity index (χ2n) is 4.68. The minimum Gasteiger partial charge on any atom is -0.497 e. The fourth-order valence-electron chi connectivity index (χ4n) is 1.87. The average Bonchev–Trinajstić information content (AvgIpc) is 2.54. The van der Waals surface area contributed by atoms with Crippen molar-refractivity contribution in [2.24, 2.45) is 0 Å². The van der Waals surface area contributed by atoms with E-state index in [1.807, 2.05) is 42.5 Å². The van der Waals surface area contributed by atoms with Crippen molar-refractivity contribution in [3.05, 3.63) is 59.1 Å². The van der Waals surface area contributed by atoms with E-state index in [2.05, 4.69) is 5.32 Å². The SMILES string of the molecule is COc1ccc(OCCC(=O)NCc2cccc(Cl)c2)cc1. The largest absolute Gasteiger partial charge is 0.497 e. The monoisotopic (exact) mass is 319 g/mol. The summed E-state index contributed by atoms with van der Waals surface area (Å²) in [5.74, 6) is 1.42. The average molecular weight is 320 g/mol. The van der Waals surface area contributed by atoms with Gasteiger partial charge in [0.15, 0.2) is 0 Å². The second kappa shape index (κ2) is 8.29. The Bertz CT molecular complexity index is 614. The summed E-state index contributed by atoms with van der Waals surface area (Å²) in [7, 11) is 1.61. The van der Waals surface area contributed by atoms with E-state index >= 15 is 0 Å². The third kappa shape index (κ3) is 5.30.